The number of carbonyl (C=O) groups is 1. The monoisotopic (exact) mass is 275 g/mol. The maximum Gasteiger partial charge on any atom is 0.257 e. The van der Waals surface area contributed by atoms with Crippen LogP contribution in [0.1, 0.15) is 30.6 Å². The van der Waals surface area contributed by atoms with Crippen LogP contribution in [-0.4, -0.2) is 12.5 Å². The molecule has 4 heteroatoms. The van der Waals surface area contributed by atoms with Gasteiger partial charge in [0.15, 0.2) is 12.4 Å². The number of hydrogen-bond donors (Lipinski definition) is 1. The molecule has 0 saturated heterocycles. The van der Waals surface area contributed by atoms with Gasteiger partial charge in [0.25, 0.3) is 5.91 Å². The lowest BCUT2D eigenvalue weighted by atomic mass is 10.1. The highest BCUT2D eigenvalue weighted by molar-refractivity contribution is 7.13. The third-order valence-corrected chi connectivity index (χ3v) is 3.78. The number of aromatic amines is 1. The molecule has 0 bridgehead atoms. The van der Waals surface area contributed by atoms with Gasteiger partial charge in [0.2, 0.25) is 0 Å². The van der Waals surface area contributed by atoms with Gasteiger partial charge in [-0.1, -0.05) is 19.9 Å². The van der Waals surface area contributed by atoms with Crippen molar-refractivity contribution in [1.82, 2.24) is 5.32 Å². The number of hydrogen-bond acceptors (Lipinski definition) is 2. The highest BCUT2D eigenvalue weighted by Crippen LogP contribution is 2.23. The fourth-order valence-corrected chi connectivity index (χ4v) is 2.48. The van der Waals surface area contributed by atoms with E-state index < -0.39 is 0 Å². The van der Waals surface area contributed by atoms with Crippen LogP contribution in [0.4, 0.5) is 0 Å². The number of carbonyl (C=O) groups excluding carboxylic acids is 1. The lowest BCUT2D eigenvalue weighted by Crippen LogP contribution is -2.26. The molecule has 0 atom stereocenters. The maximum absolute atomic E-state index is 12.0. The molecule has 19 heavy (non-hydrogen) atoms. The summed E-state index contributed by atoms with van der Waals surface area (Å²) in [5, 5.41) is 4.98. The molecular weight excluding hydrogens is 256 g/mol. The van der Waals surface area contributed by atoms with Gasteiger partial charge in [-0.2, -0.15) is 0 Å². The smallest absolute Gasteiger partial charge is 0.257 e. The molecular formula is C15H19N2OS+. The van der Waals surface area contributed by atoms with Crippen molar-refractivity contribution in [3.8, 4) is 10.4 Å². The van der Waals surface area contributed by atoms with Gasteiger partial charge in [0.1, 0.15) is 5.56 Å². The summed E-state index contributed by atoms with van der Waals surface area (Å²) in [5.74, 6) is 0.583. The summed E-state index contributed by atoms with van der Waals surface area (Å²) < 4.78 is 0. The fraction of sp³-hybridized carbons (Fsp3) is 0.333. The minimum atomic E-state index is -0.0182. The Labute approximate surface area is 117 Å². The van der Waals surface area contributed by atoms with E-state index in [9.17, 15) is 4.79 Å². The van der Waals surface area contributed by atoms with Crippen LogP contribution in [0.25, 0.3) is 10.4 Å². The molecule has 0 spiro atoms. The Balaban J connectivity index is 2.04. The van der Waals surface area contributed by atoms with E-state index in [0.29, 0.717) is 11.5 Å². The molecule has 2 aromatic rings. The van der Waals surface area contributed by atoms with E-state index in [-0.39, 0.29) is 5.91 Å². The van der Waals surface area contributed by atoms with Crippen LogP contribution in [-0.2, 0) is 0 Å². The van der Waals surface area contributed by atoms with Crippen molar-refractivity contribution >= 4 is 17.2 Å². The number of thiophene rings is 1. The standard InChI is InChI=1S/C15H18N2OS/c1-11(2)5-6-17-15(18)13-8-12(9-16-10-13)14-4-3-7-19-14/h3-4,7-11H,5-6H2,1-2H3,(H,17,18)/p+1. The second-order valence-corrected chi connectivity index (χ2v) is 5.87. The Kier molecular flexibility index (Phi) is 4.68. The Morgan fingerprint density at radius 2 is 2.26 bits per heavy atom. The number of nitrogens with one attached hydrogen (secondary N) is 2. The van der Waals surface area contributed by atoms with Gasteiger partial charge in [-0.3, -0.25) is 4.79 Å². The van der Waals surface area contributed by atoms with E-state index in [1.165, 1.54) is 0 Å². The molecule has 0 aliphatic rings. The molecule has 0 aliphatic heterocycles. The van der Waals surface area contributed by atoms with E-state index >= 15 is 0 Å². The van der Waals surface area contributed by atoms with Crippen LogP contribution >= 0.6 is 11.3 Å². The zero-order valence-electron chi connectivity index (χ0n) is 11.3. The van der Waals surface area contributed by atoms with Crippen LogP contribution in [0.3, 0.4) is 0 Å². The largest absolute Gasteiger partial charge is 0.352 e. The summed E-state index contributed by atoms with van der Waals surface area (Å²) in [6.07, 6.45) is 4.65. The van der Waals surface area contributed by atoms with Gasteiger partial charge >= 0.3 is 0 Å². The van der Waals surface area contributed by atoms with E-state index in [0.717, 1.165) is 23.4 Å². The first-order valence-corrected chi connectivity index (χ1v) is 7.38. The number of pyridine rings is 1. The third kappa shape index (κ3) is 3.89. The Bertz CT molecular complexity index is 535. The van der Waals surface area contributed by atoms with Crippen molar-refractivity contribution in [2.45, 2.75) is 20.3 Å². The molecule has 2 rings (SSSR count). The summed E-state index contributed by atoms with van der Waals surface area (Å²) in [4.78, 5) is 16.2. The number of H-pyrrole nitrogens is 1. The zero-order valence-corrected chi connectivity index (χ0v) is 12.1. The molecule has 0 fully saturated rings. The first kappa shape index (κ1) is 13.7. The lowest BCUT2D eigenvalue weighted by Gasteiger charge is -2.06. The summed E-state index contributed by atoms with van der Waals surface area (Å²) in [6, 6.07) is 5.98. The molecule has 2 N–H and O–H groups in total. The molecule has 0 aliphatic carbocycles. The maximum atomic E-state index is 12.0. The SMILES string of the molecule is CC(C)CCNC(=O)c1c[nH+]cc(-c2cccs2)c1. The van der Waals surface area contributed by atoms with Crippen LogP contribution in [0.5, 0.6) is 0 Å². The second-order valence-electron chi connectivity index (χ2n) is 4.93. The van der Waals surface area contributed by atoms with Crippen LogP contribution in [0.2, 0.25) is 0 Å². The summed E-state index contributed by atoms with van der Waals surface area (Å²) in [6.45, 7) is 5.02. The van der Waals surface area contributed by atoms with Crippen molar-refractivity contribution in [1.29, 1.82) is 0 Å². The van der Waals surface area contributed by atoms with E-state index in [1.807, 2.05) is 29.8 Å². The van der Waals surface area contributed by atoms with Crippen molar-refractivity contribution in [2.24, 2.45) is 5.92 Å². The van der Waals surface area contributed by atoms with Gasteiger partial charge in [0, 0.05) is 11.4 Å². The molecule has 3 nitrogen and oxygen atoms in total. The highest BCUT2D eigenvalue weighted by atomic mass is 32.1. The van der Waals surface area contributed by atoms with Crippen LogP contribution in [0, 0.1) is 5.92 Å². The second kappa shape index (κ2) is 6.48. The number of amides is 1. The summed E-state index contributed by atoms with van der Waals surface area (Å²) in [7, 11) is 0. The average molecular weight is 275 g/mol. The first-order valence-electron chi connectivity index (χ1n) is 6.50. The number of aromatic nitrogens is 1. The fourth-order valence-electron chi connectivity index (χ4n) is 1.76. The van der Waals surface area contributed by atoms with Gasteiger partial charge in [0.05, 0.1) is 5.56 Å². The van der Waals surface area contributed by atoms with E-state index in [1.54, 1.807) is 17.5 Å². The Hall–Kier alpha value is -1.68. The van der Waals surface area contributed by atoms with E-state index in [4.69, 9.17) is 0 Å². The average Bonchev–Trinajstić information content (AvgIpc) is 2.92. The highest BCUT2D eigenvalue weighted by Gasteiger charge is 2.11. The summed E-state index contributed by atoms with van der Waals surface area (Å²) >= 11 is 1.67. The lowest BCUT2D eigenvalue weighted by molar-refractivity contribution is -0.377. The quantitative estimate of drug-likeness (QED) is 0.895. The molecule has 0 saturated carbocycles. The predicted octanol–water partition coefficient (Wildman–Crippen LogP) is 3.01. The van der Waals surface area contributed by atoms with Gasteiger partial charge in [-0.25, -0.2) is 4.98 Å². The van der Waals surface area contributed by atoms with Crippen LogP contribution in [0.15, 0.2) is 36.0 Å². The molecule has 2 heterocycles. The number of rotatable bonds is 5. The van der Waals surface area contributed by atoms with Crippen molar-refractivity contribution < 1.29 is 9.78 Å². The predicted molar refractivity (Wildman–Crippen MR) is 78.1 cm³/mol. The first-order chi connectivity index (χ1) is 9.16. The minimum absolute atomic E-state index is 0.0182. The molecule has 0 aromatic carbocycles. The van der Waals surface area contributed by atoms with Crippen molar-refractivity contribution in [3.63, 3.8) is 0 Å². The van der Waals surface area contributed by atoms with Gasteiger partial charge in [-0.05, 0) is 29.9 Å². The topological polar surface area (TPSA) is 43.2 Å². The van der Waals surface area contributed by atoms with Crippen molar-refractivity contribution in [2.75, 3.05) is 6.54 Å². The van der Waals surface area contributed by atoms with Crippen LogP contribution < -0.4 is 10.3 Å². The summed E-state index contributed by atoms with van der Waals surface area (Å²) in [5.41, 5.74) is 1.72. The Morgan fingerprint density at radius 1 is 1.42 bits per heavy atom. The zero-order chi connectivity index (χ0) is 13.7. The third-order valence-electron chi connectivity index (χ3n) is 2.86. The Morgan fingerprint density at radius 3 is 2.95 bits per heavy atom. The molecule has 0 unspecified atom stereocenters. The van der Waals surface area contributed by atoms with Gasteiger partial charge in [-0.15, -0.1) is 11.3 Å². The molecule has 100 valence electrons. The minimum Gasteiger partial charge on any atom is -0.352 e. The normalized spacial score (nSPS) is 10.7. The van der Waals surface area contributed by atoms with Crippen molar-refractivity contribution in [3.05, 3.63) is 41.5 Å². The molecule has 2 aromatic heterocycles. The van der Waals surface area contributed by atoms with E-state index in [2.05, 4.69) is 24.1 Å². The van der Waals surface area contributed by atoms with Gasteiger partial charge < -0.3 is 5.32 Å². The molecule has 1 amide bonds. The molecule has 0 radical (unpaired) electrons.